The average molecular weight is 347 g/mol. The number of aromatic amines is 1. The van der Waals surface area contributed by atoms with Crippen LogP contribution in [0.1, 0.15) is 34.9 Å². The van der Waals surface area contributed by atoms with E-state index in [0.29, 0.717) is 11.6 Å². The lowest BCUT2D eigenvalue weighted by molar-refractivity contribution is 0.0931. The third-order valence-corrected chi connectivity index (χ3v) is 4.43. The van der Waals surface area contributed by atoms with Gasteiger partial charge in [0.25, 0.3) is 11.5 Å². The van der Waals surface area contributed by atoms with Crippen LogP contribution in [0, 0.1) is 0 Å². The van der Waals surface area contributed by atoms with Crippen molar-refractivity contribution in [2.75, 3.05) is 19.6 Å². The average Bonchev–Trinajstić information content (AvgIpc) is 3.10. The summed E-state index contributed by atoms with van der Waals surface area (Å²) < 4.78 is 0. The lowest BCUT2D eigenvalue weighted by atomic mass is 10.1. The van der Waals surface area contributed by atoms with E-state index < -0.39 is 11.5 Å². The van der Waals surface area contributed by atoms with Crippen LogP contribution < -0.4 is 10.9 Å². The highest BCUT2D eigenvalue weighted by Crippen LogP contribution is 2.26. The normalized spacial score (nSPS) is 16.0. The Morgan fingerprint density at radius 2 is 2.17 bits per heavy atom. The quantitative estimate of drug-likeness (QED) is 0.868. The van der Waals surface area contributed by atoms with Crippen LogP contribution in [0.15, 0.2) is 41.5 Å². The first-order valence-electron chi connectivity index (χ1n) is 7.96. The Morgan fingerprint density at radius 3 is 2.88 bits per heavy atom. The standard InChI is InChI=1S/C17H19ClN4O2/c18-13-5-3-4-12(10-13)14(22-8-1-2-9-22)11-21-17(24)15-16(23)20-7-6-19-15/h3-7,10,14H,1-2,8-9,11H2,(H,20,23)(H,21,24). The minimum Gasteiger partial charge on any atom is -0.349 e. The molecule has 0 bridgehead atoms. The van der Waals surface area contributed by atoms with E-state index in [2.05, 4.69) is 20.2 Å². The van der Waals surface area contributed by atoms with Crippen LogP contribution in [-0.2, 0) is 0 Å². The molecule has 126 valence electrons. The molecule has 1 aliphatic rings. The number of aromatic nitrogens is 2. The van der Waals surface area contributed by atoms with Crippen LogP contribution in [0.25, 0.3) is 0 Å². The van der Waals surface area contributed by atoms with Crippen molar-refractivity contribution in [3.05, 3.63) is 63.3 Å². The predicted octanol–water partition coefficient (Wildman–Crippen LogP) is 1.99. The van der Waals surface area contributed by atoms with Gasteiger partial charge in [-0.05, 0) is 43.6 Å². The molecule has 6 nitrogen and oxygen atoms in total. The minimum atomic E-state index is -0.490. The molecule has 2 N–H and O–H groups in total. The summed E-state index contributed by atoms with van der Waals surface area (Å²) in [7, 11) is 0. The van der Waals surface area contributed by atoms with Gasteiger partial charge in [-0.3, -0.25) is 14.5 Å². The third-order valence-electron chi connectivity index (χ3n) is 4.19. The zero-order chi connectivity index (χ0) is 16.9. The van der Waals surface area contributed by atoms with E-state index in [9.17, 15) is 9.59 Å². The zero-order valence-electron chi connectivity index (χ0n) is 13.2. The number of carbonyl (C=O) groups is 1. The summed E-state index contributed by atoms with van der Waals surface area (Å²) in [6.07, 6.45) is 5.08. The molecule has 7 heteroatoms. The number of nitrogens with zero attached hydrogens (tertiary/aromatic N) is 2. The van der Waals surface area contributed by atoms with Crippen LogP contribution in [0.2, 0.25) is 5.02 Å². The molecule has 1 amide bonds. The number of H-pyrrole nitrogens is 1. The summed E-state index contributed by atoms with van der Waals surface area (Å²) in [5, 5.41) is 3.50. The maximum Gasteiger partial charge on any atom is 0.279 e. The van der Waals surface area contributed by atoms with E-state index in [1.54, 1.807) is 0 Å². The first-order chi connectivity index (χ1) is 11.6. The molecule has 1 aromatic carbocycles. The summed E-state index contributed by atoms with van der Waals surface area (Å²) >= 11 is 6.11. The maximum absolute atomic E-state index is 12.2. The van der Waals surface area contributed by atoms with E-state index in [1.165, 1.54) is 12.4 Å². The molecule has 1 aromatic heterocycles. The second-order valence-corrected chi connectivity index (χ2v) is 6.23. The Labute approximate surface area is 144 Å². The summed E-state index contributed by atoms with van der Waals surface area (Å²) in [6, 6.07) is 7.70. The monoisotopic (exact) mass is 346 g/mol. The van der Waals surface area contributed by atoms with Gasteiger partial charge in [0.1, 0.15) is 0 Å². The SMILES string of the molecule is O=C(NCC(c1cccc(Cl)c1)N1CCCC1)c1ncc[nH]c1=O. The van der Waals surface area contributed by atoms with Gasteiger partial charge in [0.15, 0.2) is 5.69 Å². The van der Waals surface area contributed by atoms with Crippen molar-refractivity contribution >= 4 is 17.5 Å². The fourth-order valence-electron chi connectivity index (χ4n) is 3.01. The number of amides is 1. The Kier molecular flexibility index (Phi) is 5.27. The third kappa shape index (κ3) is 3.83. The molecule has 1 fully saturated rings. The lowest BCUT2D eigenvalue weighted by Gasteiger charge is -2.28. The van der Waals surface area contributed by atoms with Crippen LogP contribution in [0.4, 0.5) is 0 Å². The molecule has 2 aromatic rings. The maximum atomic E-state index is 12.2. The number of hydrogen-bond donors (Lipinski definition) is 2. The van der Waals surface area contributed by atoms with Gasteiger partial charge in [0.2, 0.25) is 0 Å². The summed E-state index contributed by atoms with van der Waals surface area (Å²) in [5.74, 6) is -0.469. The number of likely N-dealkylation sites (tertiary alicyclic amines) is 1. The van der Waals surface area contributed by atoms with E-state index in [4.69, 9.17) is 11.6 Å². The van der Waals surface area contributed by atoms with Crippen molar-refractivity contribution < 1.29 is 4.79 Å². The van der Waals surface area contributed by atoms with Gasteiger partial charge >= 0.3 is 0 Å². The molecule has 2 heterocycles. The first kappa shape index (κ1) is 16.7. The van der Waals surface area contributed by atoms with Crippen molar-refractivity contribution in [1.82, 2.24) is 20.2 Å². The molecule has 1 aliphatic heterocycles. The van der Waals surface area contributed by atoms with Crippen LogP contribution in [0.5, 0.6) is 0 Å². The van der Waals surface area contributed by atoms with Gasteiger partial charge in [-0.25, -0.2) is 4.98 Å². The largest absolute Gasteiger partial charge is 0.349 e. The van der Waals surface area contributed by atoms with E-state index >= 15 is 0 Å². The van der Waals surface area contributed by atoms with E-state index in [-0.39, 0.29) is 11.7 Å². The number of hydrogen-bond acceptors (Lipinski definition) is 4. The molecule has 0 spiro atoms. The molecule has 24 heavy (non-hydrogen) atoms. The van der Waals surface area contributed by atoms with E-state index in [0.717, 1.165) is 31.5 Å². The minimum absolute atomic E-state index is 0.0259. The fraction of sp³-hybridized carbons (Fsp3) is 0.353. The molecule has 0 saturated carbocycles. The molecular weight excluding hydrogens is 328 g/mol. The van der Waals surface area contributed by atoms with Gasteiger partial charge in [0, 0.05) is 24.0 Å². The smallest absolute Gasteiger partial charge is 0.279 e. The molecule has 0 aliphatic carbocycles. The van der Waals surface area contributed by atoms with Crippen molar-refractivity contribution in [2.24, 2.45) is 0 Å². The summed E-state index contributed by atoms with van der Waals surface area (Å²) in [4.78, 5) is 32.5. The first-order valence-corrected chi connectivity index (χ1v) is 8.34. The van der Waals surface area contributed by atoms with Crippen molar-refractivity contribution in [2.45, 2.75) is 18.9 Å². The molecule has 1 saturated heterocycles. The Bertz CT molecular complexity index is 771. The molecule has 1 unspecified atom stereocenters. The highest BCUT2D eigenvalue weighted by molar-refractivity contribution is 6.30. The van der Waals surface area contributed by atoms with Crippen molar-refractivity contribution in [3.8, 4) is 0 Å². The summed E-state index contributed by atoms with van der Waals surface area (Å²) in [6.45, 7) is 2.36. The van der Waals surface area contributed by atoms with Gasteiger partial charge < -0.3 is 10.3 Å². The molecular formula is C17H19ClN4O2. The van der Waals surface area contributed by atoms with Gasteiger partial charge in [-0.2, -0.15) is 0 Å². The molecule has 3 rings (SSSR count). The number of carbonyl (C=O) groups excluding carboxylic acids is 1. The van der Waals surface area contributed by atoms with Crippen LogP contribution in [0.3, 0.4) is 0 Å². The zero-order valence-corrected chi connectivity index (χ0v) is 13.9. The Balaban J connectivity index is 1.76. The van der Waals surface area contributed by atoms with Gasteiger partial charge in [0.05, 0.1) is 6.04 Å². The second-order valence-electron chi connectivity index (χ2n) is 5.79. The number of nitrogens with one attached hydrogen (secondary N) is 2. The van der Waals surface area contributed by atoms with E-state index in [1.807, 2.05) is 24.3 Å². The van der Waals surface area contributed by atoms with Crippen molar-refractivity contribution in [1.29, 1.82) is 0 Å². The van der Waals surface area contributed by atoms with Crippen molar-refractivity contribution in [3.63, 3.8) is 0 Å². The van der Waals surface area contributed by atoms with Gasteiger partial charge in [-0.15, -0.1) is 0 Å². The topological polar surface area (TPSA) is 78.1 Å². The summed E-state index contributed by atoms with van der Waals surface area (Å²) in [5.41, 5.74) is 0.443. The predicted molar refractivity (Wildman–Crippen MR) is 92.2 cm³/mol. The highest BCUT2D eigenvalue weighted by atomic mass is 35.5. The lowest BCUT2D eigenvalue weighted by Crippen LogP contribution is -2.38. The Morgan fingerprint density at radius 1 is 1.38 bits per heavy atom. The highest BCUT2D eigenvalue weighted by Gasteiger charge is 2.24. The van der Waals surface area contributed by atoms with Gasteiger partial charge in [-0.1, -0.05) is 23.7 Å². The molecule has 1 atom stereocenters. The van der Waals surface area contributed by atoms with Crippen LogP contribution >= 0.6 is 11.6 Å². The fourth-order valence-corrected chi connectivity index (χ4v) is 3.21. The Hall–Kier alpha value is -2.18. The second kappa shape index (κ2) is 7.59. The molecule has 0 radical (unpaired) electrons. The number of halogens is 1. The number of rotatable bonds is 5. The number of benzene rings is 1. The van der Waals surface area contributed by atoms with Crippen LogP contribution in [-0.4, -0.2) is 40.4 Å².